The lowest BCUT2D eigenvalue weighted by atomic mass is 9.73. The van der Waals surface area contributed by atoms with Gasteiger partial charge in [0, 0.05) is 16.0 Å². The van der Waals surface area contributed by atoms with Crippen molar-refractivity contribution in [3.63, 3.8) is 0 Å². The number of nitrogens with two attached hydrogens (primary N) is 1. The maximum absolute atomic E-state index is 6.12. The maximum atomic E-state index is 6.12. The number of benzene rings is 1. The lowest BCUT2D eigenvalue weighted by Gasteiger charge is -2.35. The van der Waals surface area contributed by atoms with Crippen LogP contribution in [0.5, 0.6) is 5.75 Å². The summed E-state index contributed by atoms with van der Waals surface area (Å²) in [5.74, 6) is 1.30. The fourth-order valence-corrected chi connectivity index (χ4v) is 4.37. The predicted octanol–water partition coefficient (Wildman–Crippen LogP) is 5.00. The van der Waals surface area contributed by atoms with Gasteiger partial charge in [-0.25, -0.2) is 0 Å². The largest absolute Gasteiger partial charge is 0.497 e. The van der Waals surface area contributed by atoms with Crippen LogP contribution in [0.15, 0.2) is 46.8 Å². The Bertz CT molecular complexity index is 664. The van der Waals surface area contributed by atoms with Crippen LogP contribution in [-0.2, 0) is 5.41 Å². The van der Waals surface area contributed by atoms with Crippen LogP contribution in [0, 0.1) is 0 Å². The zero-order valence-corrected chi connectivity index (χ0v) is 17.7. The van der Waals surface area contributed by atoms with Crippen molar-refractivity contribution in [2.75, 3.05) is 19.0 Å². The predicted molar refractivity (Wildman–Crippen MR) is 118 cm³/mol. The van der Waals surface area contributed by atoms with Gasteiger partial charge in [-0.15, -0.1) is 35.3 Å². The molecule has 0 saturated heterocycles. The van der Waals surface area contributed by atoms with E-state index in [0.717, 1.165) is 18.0 Å². The standard InChI is InChI=1S/C19H25N3OS.HI/c1-23-16-9-7-15(8-10-16)22-18(20)21-14-19(11-3-2-4-12-19)17-6-5-13-24-17;/h5-10,13H,2-4,11-12,14H2,1H3,(H3,20,21,22);1H. The summed E-state index contributed by atoms with van der Waals surface area (Å²) < 4.78 is 5.17. The Labute approximate surface area is 170 Å². The van der Waals surface area contributed by atoms with Gasteiger partial charge in [0.2, 0.25) is 0 Å². The summed E-state index contributed by atoms with van der Waals surface area (Å²) in [5, 5.41) is 5.33. The first-order valence-corrected chi connectivity index (χ1v) is 9.35. The van der Waals surface area contributed by atoms with E-state index in [4.69, 9.17) is 10.5 Å². The van der Waals surface area contributed by atoms with E-state index < -0.39 is 0 Å². The summed E-state index contributed by atoms with van der Waals surface area (Å²) in [6.07, 6.45) is 6.29. The molecule has 1 aromatic heterocycles. The molecule has 1 fully saturated rings. The van der Waals surface area contributed by atoms with Crippen LogP contribution < -0.4 is 15.8 Å². The zero-order valence-electron chi connectivity index (χ0n) is 14.5. The summed E-state index contributed by atoms with van der Waals surface area (Å²) in [7, 11) is 1.66. The van der Waals surface area contributed by atoms with Crippen molar-refractivity contribution in [3.8, 4) is 5.75 Å². The van der Waals surface area contributed by atoms with Gasteiger partial charge < -0.3 is 15.8 Å². The average molecular weight is 471 g/mol. The molecule has 1 heterocycles. The monoisotopic (exact) mass is 471 g/mol. The van der Waals surface area contributed by atoms with Crippen LogP contribution in [0.3, 0.4) is 0 Å². The molecule has 0 radical (unpaired) electrons. The Balaban J connectivity index is 0.00000225. The van der Waals surface area contributed by atoms with E-state index in [2.05, 4.69) is 27.8 Å². The number of guanidine groups is 1. The molecule has 6 heteroatoms. The molecular weight excluding hydrogens is 445 g/mol. The van der Waals surface area contributed by atoms with Gasteiger partial charge in [-0.1, -0.05) is 25.3 Å². The third-order valence-electron chi connectivity index (χ3n) is 4.77. The van der Waals surface area contributed by atoms with Gasteiger partial charge in [0.1, 0.15) is 5.75 Å². The Kier molecular flexibility index (Phi) is 7.56. The van der Waals surface area contributed by atoms with Gasteiger partial charge in [-0.05, 0) is 48.6 Å². The van der Waals surface area contributed by atoms with Gasteiger partial charge in [-0.3, -0.25) is 4.99 Å². The van der Waals surface area contributed by atoms with Gasteiger partial charge in [-0.2, -0.15) is 0 Å². The van der Waals surface area contributed by atoms with Crippen LogP contribution in [-0.4, -0.2) is 19.6 Å². The number of hydrogen-bond acceptors (Lipinski definition) is 3. The highest BCUT2D eigenvalue weighted by Crippen LogP contribution is 2.41. The molecule has 0 unspecified atom stereocenters. The number of methoxy groups -OCH3 is 1. The smallest absolute Gasteiger partial charge is 0.193 e. The SMILES string of the molecule is COc1ccc(NC(N)=NCC2(c3cccs3)CCCCC2)cc1.I. The molecule has 2 aromatic rings. The van der Waals surface area contributed by atoms with Crippen LogP contribution in [0.4, 0.5) is 5.69 Å². The first-order chi connectivity index (χ1) is 11.7. The number of anilines is 1. The van der Waals surface area contributed by atoms with E-state index in [9.17, 15) is 0 Å². The third-order valence-corrected chi connectivity index (χ3v) is 5.89. The molecule has 0 spiro atoms. The fourth-order valence-electron chi connectivity index (χ4n) is 3.39. The summed E-state index contributed by atoms with van der Waals surface area (Å²) in [4.78, 5) is 6.12. The number of hydrogen-bond donors (Lipinski definition) is 2. The number of thiophene rings is 1. The number of nitrogens with zero attached hydrogens (tertiary/aromatic N) is 1. The highest BCUT2D eigenvalue weighted by molar-refractivity contribution is 14.0. The number of nitrogens with one attached hydrogen (secondary N) is 1. The quantitative estimate of drug-likeness (QED) is 0.367. The minimum atomic E-state index is 0. The molecule has 136 valence electrons. The number of aliphatic imine (C=N–C) groups is 1. The molecule has 1 aliphatic carbocycles. The highest BCUT2D eigenvalue weighted by atomic mass is 127. The minimum Gasteiger partial charge on any atom is -0.497 e. The van der Waals surface area contributed by atoms with E-state index in [-0.39, 0.29) is 29.4 Å². The van der Waals surface area contributed by atoms with E-state index in [0.29, 0.717) is 5.96 Å². The fraction of sp³-hybridized carbons (Fsp3) is 0.421. The van der Waals surface area contributed by atoms with Crippen molar-refractivity contribution >= 4 is 47.0 Å². The van der Waals surface area contributed by atoms with Gasteiger partial charge in [0.25, 0.3) is 0 Å². The van der Waals surface area contributed by atoms with Crippen molar-refractivity contribution in [1.82, 2.24) is 0 Å². The van der Waals surface area contributed by atoms with Gasteiger partial charge in [0.05, 0.1) is 13.7 Å². The van der Waals surface area contributed by atoms with Crippen molar-refractivity contribution < 1.29 is 4.74 Å². The normalized spacial score (nSPS) is 16.8. The first kappa shape index (κ1) is 20.0. The summed E-state index contributed by atoms with van der Waals surface area (Å²) in [5.41, 5.74) is 7.20. The molecule has 0 aliphatic heterocycles. The molecular formula is C19H26IN3OS. The number of halogens is 1. The first-order valence-electron chi connectivity index (χ1n) is 8.47. The molecule has 1 saturated carbocycles. The van der Waals surface area contributed by atoms with E-state index in [1.54, 1.807) is 7.11 Å². The third kappa shape index (κ3) is 5.10. The molecule has 1 aliphatic rings. The average Bonchev–Trinajstić information content (AvgIpc) is 3.17. The molecule has 4 nitrogen and oxygen atoms in total. The number of rotatable bonds is 5. The summed E-state index contributed by atoms with van der Waals surface area (Å²) in [6, 6.07) is 12.1. The maximum Gasteiger partial charge on any atom is 0.193 e. The highest BCUT2D eigenvalue weighted by Gasteiger charge is 2.34. The lowest BCUT2D eigenvalue weighted by molar-refractivity contribution is 0.307. The van der Waals surface area contributed by atoms with E-state index in [1.165, 1.54) is 37.0 Å². The second kappa shape index (κ2) is 9.43. The van der Waals surface area contributed by atoms with Gasteiger partial charge in [0.15, 0.2) is 5.96 Å². The molecule has 0 amide bonds. The molecule has 3 N–H and O–H groups in total. The lowest BCUT2D eigenvalue weighted by Crippen LogP contribution is -2.33. The van der Waals surface area contributed by atoms with E-state index >= 15 is 0 Å². The summed E-state index contributed by atoms with van der Waals surface area (Å²) in [6.45, 7) is 0.752. The molecule has 0 atom stereocenters. The minimum absolute atomic E-state index is 0. The topological polar surface area (TPSA) is 59.6 Å². The zero-order chi connectivity index (χ0) is 16.8. The van der Waals surface area contributed by atoms with Crippen LogP contribution in [0.1, 0.15) is 37.0 Å². The molecule has 1 aromatic carbocycles. The van der Waals surface area contributed by atoms with Crippen LogP contribution in [0.2, 0.25) is 0 Å². The summed E-state index contributed by atoms with van der Waals surface area (Å²) >= 11 is 1.84. The van der Waals surface area contributed by atoms with Crippen molar-refractivity contribution in [1.29, 1.82) is 0 Å². The van der Waals surface area contributed by atoms with Crippen LogP contribution in [0.25, 0.3) is 0 Å². The van der Waals surface area contributed by atoms with Gasteiger partial charge >= 0.3 is 0 Å². The van der Waals surface area contributed by atoms with Crippen molar-refractivity contribution in [3.05, 3.63) is 46.7 Å². The Morgan fingerprint density at radius 1 is 1.20 bits per heavy atom. The second-order valence-corrected chi connectivity index (χ2v) is 7.32. The Hall–Kier alpha value is -1.28. The van der Waals surface area contributed by atoms with Crippen molar-refractivity contribution in [2.24, 2.45) is 10.7 Å². The molecule has 3 rings (SSSR count). The van der Waals surface area contributed by atoms with Crippen molar-refractivity contribution in [2.45, 2.75) is 37.5 Å². The van der Waals surface area contributed by atoms with Crippen LogP contribution >= 0.6 is 35.3 Å². The Morgan fingerprint density at radius 2 is 1.92 bits per heavy atom. The number of ether oxygens (including phenoxy) is 1. The molecule has 0 bridgehead atoms. The molecule has 25 heavy (non-hydrogen) atoms. The Morgan fingerprint density at radius 3 is 2.52 bits per heavy atom. The van der Waals surface area contributed by atoms with E-state index in [1.807, 2.05) is 35.6 Å². The second-order valence-electron chi connectivity index (χ2n) is 6.37.